The van der Waals surface area contributed by atoms with Crippen molar-refractivity contribution in [1.29, 1.82) is 0 Å². The number of H-pyrrole nitrogens is 2. The maximum Gasteiger partial charge on any atom is 0.417 e. The lowest BCUT2D eigenvalue weighted by molar-refractivity contribution is -0.297. The number of imidazole rings is 5. The van der Waals surface area contributed by atoms with Gasteiger partial charge in [0.1, 0.15) is 51.7 Å². The number of carbonyl (C=O) groups excluding carboxylic acids is 8. The molecule has 35 nitrogen and oxygen atoms in total. The Hall–Kier alpha value is -15.7. The summed E-state index contributed by atoms with van der Waals surface area (Å²) >= 11 is 0. The van der Waals surface area contributed by atoms with Crippen molar-refractivity contribution in [1.82, 2.24) is 118 Å². The zero-order chi connectivity index (χ0) is 106. The highest BCUT2D eigenvalue weighted by atomic mass is 19.4. The molecule has 0 radical (unpaired) electrons. The van der Waals surface area contributed by atoms with E-state index < -0.39 is 58.6 Å². The SMILES string of the molecule is CC(C)c1cc(-c2ccc(F)cc2)nn2cc(C(=O)N3CCN(C(=O)C4=NCC=N4)CC3(C)C)nc12.CC(C)c1cc(-c2ccc(F)cc2)nn2cc(C(=O)N3CCN(C(=O)C4CC(O)(C(F)(F)F)C4)CC3(C)C)nc12.CC(C)c1cc(-c2ccc(F)cc2)nn2cc(C(=O)N3CCN(C(=O)c4ccn[nH]4)CC3(C)C)nc12.CC(C)c1cc(-c2ccc(F)cc2)nn2cc(C(=O)N3CCN(C(=O)c4ncc[nH]4)CC3(C)C)nc12. The van der Waals surface area contributed by atoms with Crippen LogP contribution < -0.4 is 0 Å². The third-order valence-corrected chi connectivity index (χ3v) is 27.7. The fraction of sp³-hybridized carbons (Fsp3) is 0.396. The molecule has 4 aromatic carbocycles. The number of aliphatic imine (C=N–C) groups is 2. The van der Waals surface area contributed by atoms with Crippen molar-refractivity contribution in [2.45, 2.75) is 181 Å². The van der Waals surface area contributed by atoms with E-state index in [-0.39, 0.29) is 125 Å². The van der Waals surface area contributed by atoms with Gasteiger partial charge in [-0.25, -0.2) is 65.5 Å². The summed E-state index contributed by atoms with van der Waals surface area (Å²) in [5.74, 6) is -3.21. The molecule has 6 aliphatic rings. The Kier molecular flexibility index (Phi) is 28.5. The molecule has 14 aromatic rings. The smallest absolute Gasteiger partial charge is 0.380 e. The van der Waals surface area contributed by atoms with E-state index in [1.165, 1.54) is 53.4 Å². The molecule has 0 bridgehead atoms. The summed E-state index contributed by atoms with van der Waals surface area (Å²) in [7, 11) is 0. The van der Waals surface area contributed by atoms with Crippen molar-refractivity contribution in [2.24, 2.45) is 15.9 Å². The van der Waals surface area contributed by atoms with Crippen LogP contribution in [0.3, 0.4) is 0 Å². The molecule has 0 unspecified atom stereocenters. The zero-order valence-corrected chi connectivity index (χ0v) is 84.8. The summed E-state index contributed by atoms with van der Waals surface area (Å²) in [5.41, 5.74) is 7.75. The number of carbonyl (C=O) groups is 8. The number of fused-ring (bicyclic) bond motifs is 4. The molecule has 772 valence electrons. The number of alkyl halides is 3. The van der Waals surface area contributed by atoms with Crippen LogP contribution in [0.2, 0.25) is 0 Å². The molecular formula is C106H115F7N26O9. The number of aromatic nitrogens is 16. The van der Waals surface area contributed by atoms with Gasteiger partial charge in [0.05, 0.1) is 76.3 Å². The van der Waals surface area contributed by atoms with Crippen LogP contribution in [0, 0.1) is 29.2 Å². The Labute approximate surface area is 847 Å². The Morgan fingerprint density at radius 3 is 0.966 bits per heavy atom. The number of nitrogens with one attached hydrogen (secondary N) is 2. The van der Waals surface area contributed by atoms with Crippen molar-refractivity contribution in [3.05, 3.63) is 251 Å². The van der Waals surface area contributed by atoms with Gasteiger partial charge in [0.15, 0.2) is 34.0 Å². The molecule has 0 spiro atoms. The second-order valence-electron chi connectivity index (χ2n) is 41.7. The molecule has 15 heterocycles. The van der Waals surface area contributed by atoms with Crippen molar-refractivity contribution < 1.29 is 74.2 Å². The lowest BCUT2D eigenvalue weighted by Gasteiger charge is -2.50. The van der Waals surface area contributed by atoms with Crippen LogP contribution in [0.5, 0.6) is 0 Å². The van der Waals surface area contributed by atoms with E-state index in [0.717, 1.165) is 38.9 Å². The fourth-order valence-corrected chi connectivity index (χ4v) is 19.6. The summed E-state index contributed by atoms with van der Waals surface area (Å²) in [6, 6.07) is 33.8. The Morgan fingerprint density at radius 1 is 0.392 bits per heavy atom. The van der Waals surface area contributed by atoms with E-state index >= 15 is 0 Å². The summed E-state index contributed by atoms with van der Waals surface area (Å²) in [6.45, 7) is 35.8. The average molecular weight is 2030 g/mol. The van der Waals surface area contributed by atoms with Gasteiger partial charge in [0, 0.05) is 154 Å². The van der Waals surface area contributed by atoms with Crippen LogP contribution in [-0.4, -0.2) is 301 Å². The molecule has 20 rings (SSSR count). The van der Waals surface area contributed by atoms with Gasteiger partial charge in [-0.3, -0.25) is 48.4 Å². The van der Waals surface area contributed by atoms with E-state index in [1.807, 2.05) is 79.7 Å². The molecule has 148 heavy (non-hydrogen) atoms. The van der Waals surface area contributed by atoms with E-state index in [1.54, 1.807) is 170 Å². The minimum absolute atomic E-state index is 0.0579. The number of amidine groups is 1. The number of piperazine rings is 4. The van der Waals surface area contributed by atoms with Crippen molar-refractivity contribution in [3.8, 4) is 45.0 Å². The lowest BCUT2D eigenvalue weighted by Crippen LogP contribution is -2.65. The van der Waals surface area contributed by atoms with Crippen LogP contribution >= 0.6 is 0 Å². The molecule has 1 aliphatic carbocycles. The van der Waals surface area contributed by atoms with Crippen LogP contribution in [0.4, 0.5) is 30.7 Å². The van der Waals surface area contributed by atoms with Gasteiger partial charge in [-0.2, -0.15) is 38.7 Å². The predicted octanol–water partition coefficient (Wildman–Crippen LogP) is 15.1. The van der Waals surface area contributed by atoms with E-state index in [4.69, 9.17) is 0 Å². The number of hydrogen-bond acceptors (Lipinski definition) is 21. The first-order chi connectivity index (χ1) is 70.0. The molecule has 5 fully saturated rings. The summed E-state index contributed by atoms with van der Waals surface area (Å²) in [6.07, 6.45) is 6.73. The first kappa shape index (κ1) is 104. The highest BCUT2D eigenvalue weighted by molar-refractivity contribution is 6.40. The number of aromatic amines is 2. The average Bonchev–Trinajstić information content (AvgIpc) is 1.16. The monoisotopic (exact) mass is 2030 g/mol. The molecular weight excluding hydrogens is 1910 g/mol. The zero-order valence-electron chi connectivity index (χ0n) is 84.8. The van der Waals surface area contributed by atoms with Gasteiger partial charge >= 0.3 is 6.18 Å². The molecule has 3 N–H and O–H groups in total. The third kappa shape index (κ3) is 21.3. The van der Waals surface area contributed by atoms with Crippen LogP contribution in [0.15, 0.2) is 181 Å². The van der Waals surface area contributed by atoms with Crippen LogP contribution in [0.1, 0.15) is 233 Å². The number of benzene rings is 4. The van der Waals surface area contributed by atoms with E-state index in [0.29, 0.717) is 139 Å². The molecule has 4 saturated heterocycles. The quantitative estimate of drug-likeness (QED) is 0.0756. The Morgan fingerprint density at radius 2 is 0.696 bits per heavy atom. The number of nitrogens with zero attached hydrogens (tertiary/aromatic N) is 24. The maximum absolute atomic E-state index is 13.7. The second kappa shape index (κ2) is 40.6. The molecule has 42 heteroatoms. The summed E-state index contributed by atoms with van der Waals surface area (Å²) in [5, 5.41) is 34.9. The van der Waals surface area contributed by atoms with Crippen molar-refractivity contribution >= 4 is 81.9 Å². The number of hydrogen-bond donors (Lipinski definition) is 3. The normalized spacial score (nSPS) is 18.0. The highest BCUT2D eigenvalue weighted by Gasteiger charge is 2.63. The molecule has 8 amide bonds. The minimum atomic E-state index is -4.77. The van der Waals surface area contributed by atoms with Crippen molar-refractivity contribution in [3.63, 3.8) is 0 Å². The van der Waals surface area contributed by atoms with Crippen LogP contribution in [0.25, 0.3) is 67.6 Å². The summed E-state index contributed by atoms with van der Waals surface area (Å²) in [4.78, 5) is 153. The lowest BCUT2D eigenvalue weighted by atomic mass is 9.69. The third-order valence-electron chi connectivity index (χ3n) is 27.7. The van der Waals surface area contributed by atoms with Gasteiger partial charge in [-0.05, 0) is 219 Å². The van der Waals surface area contributed by atoms with Gasteiger partial charge in [0.2, 0.25) is 11.7 Å². The van der Waals surface area contributed by atoms with Crippen molar-refractivity contribution in [2.75, 3.05) is 85.1 Å². The van der Waals surface area contributed by atoms with Crippen LogP contribution in [-0.2, 0) is 9.59 Å². The topological polar surface area (TPSA) is 386 Å². The standard InChI is InChI=1S/C28H31F4N5O3.3C26H28FN7O2/c1-16(2)20-11-21(17-5-7-19(29)8-6-17)34-37-14-22(33-23(20)37)25(39)36-10-9-35(15-26(36,3)4)24(38)18-12-27(40,13-18)28(30,31)32;2*1-16(2)19-13-20(17-5-7-18(27)8-6-17)31-34-14-21(30-23(19)34)24(35)33-12-11-32(15-26(33,3)4)25(36)22-28-9-10-29-22;1-16(2)19-13-21(17-5-7-18(27)8-6-17)31-34-14-22(29-23(19)34)25(36)33-12-11-32(15-26(33,3)4)24(35)20-9-10-28-30-20/h5-8,11,14,16,18,40H,9-10,12-13,15H2,1-4H3;5-9,13-14,16H,10-12,15H2,1-4H3;5-10,13-14,16H,11-12,15H2,1-4H3,(H,28,29);5-10,13-14,16H,11-12,15H2,1-4H3,(H,28,30). The van der Waals surface area contributed by atoms with Gasteiger partial charge in [-0.15, -0.1) is 0 Å². The molecule has 10 aromatic heterocycles. The largest absolute Gasteiger partial charge is 0.417 e. The Balaban J connectivity index is 0.000000135. The second-order valence-corrected chi connectivity index (χ2v) is 41.7. The molecule has 1 saturated carbocycles. The minimum Gasteiger partial charge on any atom is -0.380 e. The number of halogens is 7. The number of rotatable bonds is 16. The molecule has 5 aliphatic heterocycles. The van der Waals surface area contributed by atoms with Gasteiger partial charge in [0.25, 0.3) is 41.4 Å². The van der Waals surface area contributed by atoms with Gasteiger partial charge in [-0.1, -0.05) is 55.4 Å². The first-order valence-electron chi connectivity index (χ1n) is 49.0. The predicted molar refractivity (Wildman–Crippen MR) is 537 cm³/mol. The number of aliphatic hydroxyl groups is 1. The highest BCUT2D eigenvalue weighted by Crippen LogP contribution is 2.50. The maximum atomic E-state index is 13.7. The van der Waals surface area contributed by atoms with Gasteiger partial charge < -0.3 is 49.3 Å². The Bertz CT molecular complexity index is 7250. The van der Waals surface area contributed by atoms with E-state index in [2.05, 4.69) is 112 Å². The fourth-order valence-electron chi connectivity index (χ4n) is 19.6. The molecule has 0 atom stereocenters. The summed E-state index contributed by atoms with van der Waals surface area (Å²) < 4.78 is 99.2. The first-order valence-corrected chi connectivity index (χ1v) is 49.0. The van der Waals surface area contributed by atoms with E-state index in [9.17, 15) is 74.2 Å². The number of amides is 8.